The van der Waals surface area contributed by atoms with E-state index in [2.05, 4.69) is 45.0 Å². The first-order valence-corrected chi connectivity index (χ1v) is 9.33. The molecule has 2 heteroatoms. The van der Waals surface area contributed by atoms with Gasteiger partial charge >= 0.3 is 0 Å². The molecule has 0 aromatic heterocycles. The van der Waals surface area contributed by atoms with Crippen LogP contribution in [0.15, 0.2) is 29.2 Å². The molecule has 4 atom stereocenters. The van der Waals surface area contributed by atoms with Crippen LogP contribution in [0.4, 0.5) is 0 Å². The highest BCUT2D eigenvalue weighted by Gasteiger charge is 2.37. The molecule has 4 unspecified atom stereocenters. The number of benzene rings is 1. The summed E-state index contributed by atoms with van der Waals surface area (Å²) >= 11 is 1.99. The van der Waals surface area contributed by atoms with Crippen LogP contribution in [0.5, 0.6) is 0 Å². The molecule has 21 heavy (non-hydrogen) atoms. The molecule has 1 N–H and O–H groups in total. The molecule has 1 aromatic carbocycles. The van der Waals surface area contributed by atoms with Gasteiger partial charge in [-0.2, -0.15) is 0 Å². The van der Waals surface area contributed by atoms with E-state index >= 15 is 0 Å². The van der Waals surface area contributed by atoms with Gasteiger partial charge < -0.3 is 5.11 Å². The van der Waals surface area contributed by atoms with Crippen LogP contribution in [-0.2, 0) is 0 Å². The van der Waals surface area contributed by atoms with Crippen molar-refractivity contribution >= 4 is 11.8 Å². The summed E-state index contributed by atoms with van der Waals surface area (Å²) in [6, 6.07) is 8.83. The highest BCUT2D eigenvalue weighted by atomic mass is 32.2. The van der Waals surface area contributed by atoms with Gasteiger partial charge in [0.1, 0.15) is 0 Å². The molecule has 0 saturated heterocycles. The van der Waals surface area contributed by atoms with E-state index < -0.39 is 0 Å². The quantitative estimate of drug-likeness (QED) is 0.821. The molecular weight excluding hydrogens is 276 g/mol. The summed E-state index contributed by atoms with van der Waals surface area (Å²) in [7, 11) is 0. The summed E-state index contributed by atoms with van der Waals surface area (Å²) in [6.07, 6.45) is 4.47. The minimum Gasteiger partial charge on any atom is -0.393 e. The van der Waals surface area contributed by atoms with Crippen molar-refractivity contribution in [3.63, 3.8) is 0 Å². The first-order chi connectivity index (χ1) is 9.95. The molecule has 0 bridgehead atoms. The highest BCUT2D eigenvalue weighted by molar-refractivity contribution is 7.99. The lowest BCUT2D eigenvalue weighted by atomic mass is 9.66. The van der Waals surface area contributed by atoms with Crippen molar-refractivity contribution in [3.05, 3.63) is 29.8 Å². The zero-order valence-electron chi connectivity index (χ0n) is 13.5. The maximum Gasteiger partial charge on any atom is 0.0568 e. The molecule has 0 amide bonds. The molecule has 1 fully saturated rings. The SMILES string of the molecule is CC(C)(C)C1CCC(O)C(CC2CSc3ccccc32)C1. The zero-order chi connectivity index (χ0) is 15.0. The molecule has 2 aliphatic rings. The van der Waals surface area contributed by atoms with Gasteiger partial charge in [-0.3, -0.25) is 0 Å². The number of aliphatic hydroxyl groups excluding tert-OH is 1. The van der Waals surface area contributed by atoms with E-state index in [4.69, 9.17) is 0 Å². The smallest absolute Gasteiger partial charge is 0.0568 e. The minimum absolute atomic E-state index is 0.0821. The maximum absolute atomic E-state index is 10.5. The Kier molecular flexibility index (Phi) is 4.38. The first-order valence-electron chi connectivity index (χ1n) is 8.35. The number of thioether (sulfide) groups is 1. The predicted octanol–water partition coefficient (Wildman–Crippen LogP) is 5.09. The van der Waals surface area contributed by atoms with Gasteiger partial charge in [0.15, 0.2) is 0 Å². The topological polar surface area (TPSA) is 20.2 Å². The van der Waals surface area contributed by atoms with Crippen LogP contribution >= 0.6 is 11.8 Å². The van der Waals surface area contributed by atoms with Crippen molar-refractivity contribution in [3.8, 4) is 0 Å². The van der Waals surface area contributed by atoms with Gasteiger partial charge in [-0.15, -0.1) is 11.8 Å². The summed E-state index contributed by atoms with van der Waals surface area (Å²) in [6.45, 7) is 7.06. The molecule has 0 spiro atoms. The van der Waals surface area contributed by atoms with Crippen LogP contribution in [0.1, 0.15) is 57.9 Å². The van der Waals surface area contributed by atoms with E-state index in [9.17, 15) is 5.11 Å². The van der Waals surface area contributed by atoms with Crippen molar-refractivity contribution in [2.75, 3.05) is 5.75 Å². The van der Waals surface area contributed by atoms with Crippen molar-refractivity contribution in [2.45, 2.75) is 63.4 Å². The third kappa shape index (κ3) is 3.32. The fourth-order valence-electron chi connectivity index (χ4n) is 4.08. The Balaban J connectivity index is 1.69. The Labute approximate surface area is 133 Å². The normalized spacial score (nSPS) is 33.0. The fourth-order valence-corrected chi connectivity index (χ4v) is 5.35. The van der Waals surface area contributed by atoms with Crippen molar-refractivity contribution in [2.24, 2.45) is 17.3 Å². The van der Waals surface area contributed by atoms with Crippen molar-refractivity contribution in [1.82, 2.24) is 0 Å². The van der Waals surface area contributed by atoms with Crippen molar-refractivity contribution < 1.29 is 5.11 Å². The summed E-state index contributed by atoms with van der Waals surface area (Å²) in [5.74, 6) is 3.09. The molecule has 1 saturated carbocycles. The van der Waals surface area contributed by atoms with Gasteiger partial charge in [0.2, 0.25) is 0 Å². The number of hydrogen-bond donors (Lipinski definition) is 1. The summed E-state index contributed by atoms with van der Waals surface area (Å²) in [5, 5.41) is 10.5. The number of aliphatic hydroxyl groups is 1. The molecule has 1 aliphatic carbocycles. The fraction of sp³-hybridized carbons (Fsp3) is 0.684. The Morgan fingerprint density at radius 3 is 2.71 bits per heavy atom. The van der Waals surface area contributed by atoms with Crippen LogP contribution in [0.2, 0.25) is 0 Å². The summed E-state index contributed by atoms with van der Waals surface area (Å²) in [5.41, 5.74) is 1.90. The highest BCUT2D eigenvalue weighted by Crippen LogP contribution is 2.47. The molecule has 1 heterocycles. The average Bonchev–Trinajstić information content (AvgIpc) is 2.83. The van der Waals surface area contributed by atoms with Crippen molar-refractivity contribution in [1.29, 1.82) is 0 Å². The zero-order valence-corrected chi connectivity index (χ0v) is 14.3. The average molecular weight is 304 g/mol. The van der Waals surface area contributed by atoms with E-state index in [0.29, 0.717) is 17.3 Å². The Bertz CT molecular complexity index is 491. The van der Waals surface area contributed by atoms with E-state index in [1.165, 1.54) is 29.1 Å². The second kappa shape index (κ2) is 5.96. The van der Waals surface area contributed by atoms with E-state index in [0.717, 1.165) is 18.8 Å². The standard InChI is InChI=1S/C19H28OS/c1-19(2,3)15-8-9-17(20)13(11-15)10-14-12-21-18-7-5-4-6-16(14)18/h4-7,13-15,17,20H,8-12H2,1-3H3. The van der Waals surface area contributed by atoms with Crippen LogP contribution in [-0.4, -0.2) is 17.0 Å². The van der Waals surface area contributed by atoms with Gasteiger partial charge in [0.25, 0.3) is 0 Å². The maximum atomic E-state index is 10.5. The predicted molar refractivity (Wildman–Crippen MR) is 90.8 cm³/mol. The van der Waals surface area contributed by atoms with Crippen LogP contribution < -0.4 is 0 Å². The molecule has 3 rings (SSSR count). The third-order valence-electron chi connectivity index (χ3n) is 5.55. The third-order valence-corrected chi connectivity index (χ3v) is 6.81. The molecule has 1 nitrogen and oxygen atoms in total. The van der Waals surface area contributed by atoms with E-state index in [1.54, 1.807) is 0 Å². The summed E-state index contributed by atoms with van der Waals surface area (Å²) < 4.78 is 0. The molecule has 116 valence electrons. The molecule has 0 radical (unpaired) electrons. The largest absolute Gasteiger partial charge is 0.393 e. The molecule has 1 aliphatic heterocycles. The number of rotatable bonds is 2. The first kappa shape index (κ1) is 15.4. The van der Waals surface area contributed by atoms with Gasteiger partial charge in [-0.05, 0) is 60.5 Å². The lowest BCUT2D eigenvalue weighted by Gasteiger charge is -2.41. The Morgan fingerprint density at radius 1 is 1.19 bits per heavy atom. The summed E-state index contributed by atoms with van der Waals surface area (Å²) in [4.78, 5) is 1.46. The lowest BCUT2D eigenvalue weighted by molar-refractivity contribution is 0.0137. The van der Waals surface area contributed by atoms with Crippen LogP contribution in [0.3, 0.4) is 0 Å². The van der Waals surface area contributed by atoms with Gasteiger partial charge in [-0.25, -0.2) is 0 Å². The second-order valence-electron chi connectivity index (χ2n) is 7.98. The van der Waals surface area contributed by atoms with Gasteiger partial charge in [0, 0.05) is 10.6 Å². The number of fused-ring (bicyclic) bond motifs is 1. The van der Waals surface area contributed by atoms with Crippen LogP contribution in [0.25, 0.3) is 0 Å². The minimum atomic E-state index is -0.0821. The number of hydrogen-bond acceptors (Lipinski definition) is 2. The van der Waals surface area contributed by atoms with E-state index in [-0.39, 0.29) is 6.10 Å². The second-order valence-corrected chi connectivity index (χ2v) is 9.05. The Morgan fingerprint density at radius 2 is 1.95 bits per heavy atom. The monoisotopic (exact) mass is 304 g/mol. The Hall–Kier alpha value is -0.470. The lowest BCUT2D eigenvalue weighted by Crippen LogP contribution is -2.35. The van der Waals surface area contributed by atoms with Gasteiger partial charge in [0.05, 0.1) is 6.10 Å². The van der Waals surface area contributed by atoms with Gasteiger partial charge in [-0.1, -0.05) is 39.0 Å². The molecule has 1 aromatic rings. The van der Waals surface area contributed by atoms with E-state index in [1.807, 2.05) is 11.8 Å². The molecular formula is C19H28OS. The van der Waals surface area contributed by atoms with Crippen LogP contribution in [0, 0.1) is 17.3 Å².